The van der Waals surface area contributed by atoms with E-state index in [0.717, 1.165) is 31.4 Å². The summed E-state index contributed by atoms with van der Waals surface area (Å²) < 4.78 is 35.4. The molecule has 1 aliphatic carbocycles. The van der Waals surface area contributed by atoms with Crippen molar-refractivity contribution in [2.75, 3.05) is 0 Å². The number of amides is 2. The number of nitrogens with one attached hydrogen (secondary N) is 1. The normalized spacial score (nSPS) is 23.7. The molecule has 2 fully saturated rings. The van der Waals surface area contributed by atoms with Crippen LogP contribution in [0.1, 0.15) is 45.7 Å². The average molecular weight is 463 g/mol. The van der Waals surface area contributed by atoms with Gasteiger partial charge in [0.25, 0.3) is 11.8 Å². The Hall–Kier alpha value is -2.84. The summed E-state index contributed by atoms with van der Waals surface area (Å²) in [7, 11) is 2.18. The SMILES string of the molecule is O=C(NCc1c(F)cc(P)cc1F)c1cn2c(c(O)c1=O)C(=O)N1C3CCC(C3)OC1C2. The van der Waals surface area contributed by atoms with Crippen LogP contribution in [0, 0.1) is 11.6 Å². The Labute approximate surface area is 183 Å². The molecule has 1 saturated carbocycles. The van der Waals surface area contributed by atoms with E-state index >= 15 is 0 Å². The maximum atomic E-state index is 14.0. The number of ether oxygens (including phenoxy) is 1. The molecule has 4 unspecified atom stereocenters. The summed E-state index contributed by atoms with van der Waals surface area (Å²) in [4.78, 5) is 39.9. The van der Waals surface area contributed by atoms with Gasteiger partial charge >= 0.3 is 0 Å². The van der Waals surface area contributed by atoms with Crippen LogP contribution in [-0.4, -0.2) is 44.8 Å². The maximum Gasteiger partial charge on any atom is 0.276 e. The minimum Gasteiger partial charge on any atom is -0.503 e. The van der Waals surface area contributed by atoms with Crippen molar-refractivity contribution in [3.63, 3.8) is 0 Å². The van der Waals surface area contributed by atoms with E-state index in [0.29, 0.717) is 5.30 Å². The van der Waals surface area contributed by atoms with Gasteiger partial charge in [0, 0.05) is 24.3 Å². The van der Waals surface area contributed by atoms with Gasteiger partial charge in [-0.3, -0.25) is 14.4 Å². The predicted molar refractivity (Wildman–Crippen MR) is 112 cm³/mol. The van der Waals surface area contributed by atoms with Gasteiger partial charge in [-0.1, -0.05) is 0 Å². The van der Waals surface area contributed by atoms with Crippen LogP contribution in [0.25, 0.3) is 0 Å². The van der Waals surface area contributed by atoms with E-state index in [1.165, 1.54) is 10.8 Å². The van der Waals surface area contributed by atoms with Crippen molar-refractivity contribution in [3.8, 4) is 5.75 Å². The van der Waals surface area contributed by atoms with Crippen LogP contribution in [0.5, 0.6) is 5.75 Å². The molecule has 0 radical (unpaired) electrons. The van der Waals surface area contributed by atoms with Crippen LogP contribution in [0.3, 0.4) is 0 Å². The Kier molecular flexibility index (Phi) is 5.02. The minimum atomic E-state index is -1.02. The number of carbonyl (C=O) groups is 2. The highest BCUT2D eigenvalue weighted by molar-refractivity contribution is 7.27. The summed E-state index contributed by atoms with van der Waals surface area (Å²) in [5, 5.41) is 13.1. The van der Waals surface area contributed by atoms with Gasteiger partial charge in [-0.05, 0) is 36.7 Å². The smallest absolute Gasteiger partial charge is 0.276 e. The average Bonchev–Trinajstić information content (AvgIpc) is 3.10. The van der Waals surface area contributed by atoms with Crippen molar-refractivity contribution in [1.82, 2.24) is 14.8 Å². The van der Waals surface area contributed by atoms with Crippen molar-refractivity contribution in [2.24, 2.45) is 0 Å². The fourth-order valence-electron chi connectivity index (χ4n) is 4.77. The van der Waals surface area contributed by atoms with Gasteiger partial charge in [-0.25, -0.2) is 8.78 Å². The van der Waals surface area contributed by atoms with Gasteiger partial charge in [0.15, 0.2) is 17.7 Å². The lowest BCUT2D eigenvalue weighted by atomic mass is 10.1. The fourth-order valence-corrected chi connectivity index (χ4v) is 5.06. The summed E-state index contributed by atoms with van der Waals surface area (Å²) in [6, 6.07) is 2.20. The van der Waals surface area contributed by atoms with Gasteiger partial charge < -0.3 is 24.6 Å². The molecule has 2 N–H and O–H groups in total. The van der Waals surface area contributed by atoms with E-state index in [2.05, 4.69) is 14.6 Å². The number of nitrogens with zero attached hydrogens (tertiary/aromatic N) is 2. The number of rotatable bonds is 3. The molecule has 0 spiro atoms. The van der Waals surface area contributed by atoms with E-state index in [-0.39, 0.29) is 29.9 Å². The van der Waals surface area contributed by atoms with E-state index in [9.17, 15) is 28.3 Å². The standard InChI is InChI=1S/C21H20F2N3O5P/c22-14-4-11(32)5-15(23)12(14)6-24-20(29)13-7-25-8-16-26(9-1-2-10(3-9)31-16)21(30)17(25)19(28)18(13)27/h4-5,7,9-10,16,28H,1-3,6,8,32H2,(H,24,29). The first-order valence-corrected chi connectivity index (χ1v) is 10.8. The van der Waals surface area contributed by atoms with Crippen molar-refractivity contribution in [1.29, 1.82) is 0 Å². The van der Waals surface area contributed by atoms with Crippen LogP contribution in [0.4, 0.5) is 8.78 Å². The molecular weight excluding hydrogens is 443 g/mol. The first kappa shape index (κ1) is 21.0. The lowest BCUT2D eigenvalue weighted by molar-refractivity contribution is -0.132. The zero-order chi connectivity index (χ0) is 22.7. The molecule has 3 aliphatic rings. The zero-order valence-corrected chi connectivity index (χ0v) is 18.0. The Morgan fingerprint density at radius 3 is 2.69 bits per heavy atom. The number of hydrogen-bond acceptors (Lipinski definition) is 5. The zero-order valence-electron chi connectivity index (χ0n) is 16.8. The number of aromatic hydroxyl groups is 1. The molecule has 8 nitrogen and oxygen atoms in total. The Bertz CT molecular complexity index is 1190. The number of carbonyl (C=O) groups excluding carboxylic acids is 2. The Morgan fingerprint density at radius 2 is 1.97 bits per heavy atom. The summed E-state index contributed by atoms with van der Waals surface area (Å²) >= 11 is 0. The van der Waals surface area contributed by atoms with Crippen molar-refractivity contribution >= 4 is 26.4 Å². The van der Waals surface area contributed by atoms with Crippen LogP contribution < -0.4 is 16.1 Å². The molecular formula is C21H20F2N3O5P. The van der Waals surface area contributed by atoms with Crippen molar-refractivity contribution < 1.29 is 28.2 Å². The molecule has 1 aromatic carbocycles. The van der Waals surface area contributed by atoms with Gasteiger partial charge in [0.1, 0.15) is 17.2 Å². The van der Waals surface area contributed by atoms with Crippen molar-refractivity contribution in [2.45, 2.75) is 50.7 Å². The minimum absolute atomic E-state index is 0.00446. The van der Waals surface area contributed by atoms with E-state index in [1.807, 2.05) is 0 Å². The summed E-state index contributed by atoms with van der Waals surface area (Å²) in [5.41, 5.74) is -2.01. The first-order valence-electron chi connectivity index (χ1n) is 10.2. The summed E-state index contributed by atoms with van der Waals surface area (Å²) in [5.74, 6) is -3.94. The lowest BCUT2D eigenvalue weighted by Gasteiger charge is -2.44. The van der Waals surface area contributed by atoms with Crippen LogP contribution in [0.2, 0.25) is 0 Å². The summed E-state index contributed by atoms with van der Waals surface area (Å²) in [6.45, 7) is -0.341. The monoisotopic (exact) mass is 463 g/mol. The molecule has 2 bridgehead atoms. The van der Waals surface area contributed by atoms with Crippen molar-refractivity contribution in [3.05, 3.63) is 57.0 Å². The molecule has 5 rings (SSSR count). The molecule has 1 saturated heterocycles. The maximum absolute atomic E-state index is 14.0. The Balaban J connectivity index is 1.44. The summed E-state index contributed by atoms with van der Waals surface area (Å²) in [6.07, 6.45) is 3.04. The highest BCUT2D eigenvalue weighted by Crippen LogP contribution is 2.38. The molecule has 2 amide bonds. The molecule has 1 aromatic heterocycles. The molecule has 4 atom stereocenters. The van der Waals surface area contributed by atoms with Crippen LogP contribution in [-0.2, 0) is 17.8 Å². The van der Waals surface area contributed by atoms with Gasteiger partial charge in [-0.2, -0.15) is 0 Å². The Morgan fingerprint density at radius 1 is 1.25 bits per heavy atom. The molecule has 11 heteroatoms. The topological polar surface area (TPSA) is 101 Å². The van der Waals surface area contributed by atoms with Crippen LogP contribution >= 0.6 is 9.24 Å². The number of aromatic nitrogens is 1. The van der Waals surface area contributed by atoms with Gasteiger partial charge in [-0.15, -0.1) is 9.24 Å². The molecule has 168 valence electrons. The third-order valence-electron chi connectivity index (χ3n) is 6.29. The molecule has 2 aromatic rings. The highest BCUT2D eigenvalue weighted by Gasteiger charge is 2.47. The van der Waals surface area contributed by atoms with Crippen LogP contribution in [0.15, 0.2) is 23.1 Å². The second kappa shape index (κ2) is 7.64. The molecule has 3 heterocycles. The quantitative estimate of drug-likeness (QED) is 0.662. The second-order valence-electron chi connectivity index (χ2n) is 8.26. The number of pyridine rings is 1. The van der Waals surface area contributed by atoms with Gasteiger partial charge in [0.2, 0.25) is 5.43 Å². The fraction of sp³-hybridized carbons (Fsp3) is 0.381. The second-order valence-corrected chi connectivity index (χ2v) is 8.93. The highest BCUT2D eigenvalue weighted by atomic mass is 31.0. The number of fused-ring (bicyclic) bond motifs is 5. The molecule has 32 heavy (non-hydrogen) atoms. The van der Waals surface area contributed by atoms with Gasteiger partial charge in [0.05, 0.1) is 12.6 Å². The van der Waals surface area contributed by atoms with E-state index in [4.69, 9.17) is 4.74 Å². The lowest BCUT2D eigenvalue weighted by Crippen LogP contribution is -2.57. The number of benzene rings is 1. The number of halogens is 2. The third kappa shape index (κ3) is 3.29. The van der Waals surface area contributed by atoms with E-state index < -0.39 is 53.0 Å². The molecule has 2 aliphatic heterocycles. The largest absolute Gasteiger partial charge is 0.503 e. The predicted octanol–water partition coefficient (Wildman–Crippen LogP) is 0.996. The third-order valence-corrected chi connectivity index (χ3v) is 6.62. The first-order chi connectivity index (χ1) is 15.2. The van der Waals surface area contributed by atoms with E-state index in [1.54, 1.807) is 4.90 Å². The number of hydrogen-bond donors (Lipinski definition) is 2.